The van der Waals surface area contributed by atoms with Gasteiger partial charge in [0.05, 0.1) is 32.5 Å². The van der Waals surface area contributed by atoms with Crippen molar-refractivity contribution in [3.8, 4) is 11.5 Å². The largest absolute Gasteiger partial charge is 0.494 e. The summed E-state index contributed by atoms with van der Waals surface area (Å²) in [6.07, 6.45) is 8.44. The Labute approximate surface area is 348 Å². The van der Waals surface area contributed by atoms with Gasteiger partial charge in [0.2, 0.25) is 0 Å². The summed E-state index contributed by atoms with van der Waals surface area (Å²) < 4.78 is 59.7. The third-order valence-electron chi connectivity index (χ3n) is 10.2. The highest BCUT2D eigenvalue weighted by Gasteiger charge is 2.23. The van der Waals surface area contributed by atoms with Crippen LogP contribution in [0.3, 0.4) is 0 Å². The van der Waals surface area contributed by atoms with Gasteiger partial charge in [-0.3, -0.25) is 4.55 Å². The number of benzene rings is 3. The first-order chi connectivity index (χ1) is 27.3. The molecule has 3 aromatic rings. The van der Waals surface area contributed by atoms with E-state index in [0.29, 0.717) is 31.3 Å². The molecule has 2 N–H and O–H groups in total. The zero-order valence-corrected chi connectivity index (χ0v) is 37.7. The Morgan fingerprint density at radius 3 is 2.04 bits per heavy atom. The van der Waals surface area contributed by atoms with Gasteiger partial charge in [-0.25, -0.2) is 5.26 Å². The Morgan fingerprint density at radius 1 is 0.772 bits per heavy atom. The highest BCUT2D eigenvalue weighted by Crippen LogP contribution is 2.37. The lowest BCUT2D eigenvalue weighted by Gasteiger charge is -2.27. The Bertz CT molecular complexity index is 1650. The van der Waals surface area contributed by atoms with Gasteiger partial charge < -0.3 is 18.9 Å². The quantitative estimate of drug-likeness (QED) is 0.0160. The molecule has 3 aromatic carbocycles. The van der Waals surface area contributed by atoms with Crippen molar-refractivity contribution in [3.05, 3.63) is 95.1 Å². The summed E-state index contributed by atoms with van der Waals surface area (Å²) in [5.41, 5.74) is 4.79. The summed E-state index contributed by atoms with van der Waals surface area (Å²) in [7, 11) is -5.28. The summed E-state index contributed by atoms with van der Waals surface area (Å²) in [6.45, 7) is 15.9. The summed E-state index contributed by atoms with van der Waals surface area (Å²) in [6, 6.07) is 26.7. The first kappa shape index (κ1) is 48.9. The van der Waals surface area contributed by atoms with Gasteiger partial charge in [-0.2, -0.15) is 8.42 Å². The molecule has 57 heavy (non-hydrogen) atoms. The van der Waals surface area contributed by atoms with Gasteiger partial charge in [-0.1, -0.05) is 106 Å². The van der Waals surface area contributed by atoms with E-state index in [1.165, 1.54) is 22.7 Å². The second-order valence-electron chi connectivity index (χ2n) is 16.2. The Kier molecular flexibility index (Phi) is 22.8. The van der Waals surface area contributed by atoms with Crippen LogP contribution in [0.5, 0.6) is 11.5 Å². The molecule has 3 rings (SSSR count). The molecule has 0 fully saturated rings. The van der Waals surface area contributed by atoms with Crippen LogP contribution in [0.2, 0.25) is 25.7 Å². The van der Waals surface area contributed by atoms with Crippen molar-refractivity contribution in [1.29, 1.82) is 0 Å². The van der Waals surface area contributed by atoms with Gasteiger partial charge in [0.25, 0.3) is 10.1 Å². The third-order valence-corrected chi connectivity index (χ3v) is 13.1. The molecular formula is C44H68O10S2Si. The van der Waals surface area contributed by atoms with Gasteiger partial charge in [0.15, 0.2) is 5.94 Å². The van der Waals surface area contributed by atoms with Crippen LogP contribution < -0.4 is 9.47 Å². The molecule has 320 valence electrons. The van der Waals surface area contributed by atoms with E-state index in [1.54, 1.807) is 0 Å². The standard InChI is InChI=1S/C44H68O10S2Si/c1-7-42(8-2)52-33-41(40-20-12-22-44(32-40)50-24-13-27-55-54-53-45)30-38(39-19-11-21-43(31-39)51-25-14-28-57(4,5)6)18-9-15-35(3)37-17-10-16-36(29-37)23-26-49-34-56(46,47)48/h10-12,16-17,19-22,29,31-32,35,38,41-42,45H,7-9,13-15,18,23-28,30,33-34H2,1-6H3,(H,46,47,48). The molecule has 0 amide bonds. The van der Waals surface area contributed by atoms with Crippen molar-refractivity contribution in [2.75, 3.05) is 38.1 Å². The van der Waals surface area contributed by atoms with Crippen molar-refractivity contribution in [1.82, 2.24) is 0 Å². The molecule has 0 spiro atoms. The normalized spacial score (nSPS) is 13.8. The van der Waals surface area contributed by atoms with E-state index in [2.05, 4.69) is 104 Å². The predicted octanol–water partition coefficient (Wildman–Crippen LogP) is 11.5. The molecule has 0 radical (unpaired) electrons. The van der Waals surface area contributed by atoms with Crippen LogP contribution in [-0.4, -0.2) is 70.5 Å². The van der Waals surface area contributed by atoms with Gasteiger partial charge in [0, 0.05) is 31.8 Å². The van der Waals surface area contributed by atoms with E-state index >= 15 is 0 Å². The smallest absolute Gasteiger partial charge is 0.289 e. The lowest BCUT2D eigenvalue weighted by atomic mass is 9.81. The topological polar surface area (TPSA) is 130 Å². The fourth-order valence-electron chi connectivity index (χ4n) is 6.96. The number of rotatable bonds is 31. The second-order valence-corrected chi connectivity index (χ2v) is 24.0. The Morgan fingerprint density at radius 2 is 1.40 bits per heavy atom. The summed E-state index contributed by atoms with van der Waals surface area (Å²) in [5.74, 6) is 2.40. The molecule has 13 heteroatoms. The van der Waals surface area contributed by atoms with Crippen LogP contribution in [-0.2, 0) is 35.4 Å². The number of hydrogen-bond donors (Lipinski definition) is 2. The molecule has 0 saturated carbocycles. The first-order valence-electron chi connectivity index (χ1n) is 20.6. The maximum atomic E-state index is 11.0. The molecule has 0 bridgehead atoms. The molecule has 3 atom stereocenters. The van der Waals surface area contributed by atoms with Crippen molar-refractivity contribution in [2.24, 2.45) is 0 Å². The maximum absolute atomic E-state index is 11.0. The average molecular weight is 849 g/mol. The van der Waals surface area contributed by atoms with Crippen molar-refractivity contribution in [2.45, 2.75) is 128 Å². The van der Waals surface area contributed by atoms with E-state index in [0.717, 1.165) is 87.1 Å². The summed E-state index contributed by atoms with van der Waals surface area (Å²) in [5, 5.41) is 12.0. The molecule has 0 aliphatic rings. The minimum absolute atomic E-state index is 0.142. The lowest BCUT2D eigenvalue weighted by Crippen LogP contribution is -2.20. The van der Waals surface area contributed by atoms with E-state index in [4.69, 9.17) is 28.8 Å². The van der Waals surface area contributed by atoms with Gasteiger partial charge in [0.1, 0.15) is 11.5 Å². The predicted molar refractivity (Wildman–Crippen MR) is 234 cm³/mol. The summed E-state index contributed by atoms with van der Waals surface area (Å²) >= 11 is 1.03. The van der Waals surface area contributed by atoms with Crippen LogP contribution in [0.1, 0.15) is 112 Å². The van der Waals surface area contributed by atoms with Gasteiger partial charge >= 0.3 is 0 Å². The second kappa shape index (κ2) is 26.6. The maximum Gasteiger partial charge on any atom is 0.289 e. The lowest BCUT2D eigenvalue weighted by molar-refractivity contribution is -0.432. The van der Waals surface area contributed by atoms with Crippen LogP contribution >= 0.6 is 12.0 Å². The zero-order chi connectivity index (χ0) is 41.5. The molecule has 0 aromatic heterocycles. The molecular weight excluding hydrogens is 781 g/mol. The van der Waals surface area contributed by atoms with Gasteiger partial charge in [-0.05, 0) is 110 Å². The van der Waals surface area contributed by atoms with E-state index in [1.807, 2.05) is 18.2 Å². The molecule has 10 nitrogen and oxygen atoms in total. The molecule has 3 unspecified atom stereocenters. The van der Waals surface area contributed by atoms with E-state index in [9.17, 15) is 8.42 Å². The molecule has 0 aliphatic heterocycles. The summed E-state index contributed by atoms with van der Waals surface area (Å²) in [4.78, 5) is 0. The van der Waals surface area contributed by atoms with Crippen molar-refractivity contribution >= 4 is 30.2 Å². The first-order valence-corrected chi connectivity index (χ1v) is 26.8. The Balaban J connectivity index is 1.81. The Hall–Kier alpha value is -2.46. The number of hydrogen-bond acceptors (Lipinski definition) is 10. The fourth-order valence-corrected chi connectivity index (χ4v) is 8.84. The average Bonchev–Trinajstić information content (AvgIpc) is 3.18. The monoisotopic (exact) mass is 848 g/mol. The molecule has 0 saturated heterocycles. The fraction of sp³-hybridized carbons (Fsp3) is 0.591. The minimum Gasteiger partial charge on any atom is -0.494 e. The van der Waals surface area contributed by atoms with Crippen molar-refractivity contribution < 1.29 is 46.5 Å². The highest BCUT2D eigenvalue weighted by atomic mass is 32.2. The molecule has 0 heterocycles. The van der Waals surface area contributed by atoms with E-state index in [-0.39, 0.29) is 24.5 Å². The number of ether oxygens (including phenoxy) is 4. The zero-order valence-electron chi connectivity index (χ0n) is 35.0. The van der Waals surface area contributed by atoms with Crippen LogP contribution in [0.4, 0.5) is 0 Å². The van der Waals surface area contributed by atoms with E-state index < -0.39 is 24.1 Å². The van der Waals surface area contributed by atoms with Gasteiger partial charge in [-0.15, -0.1) is 4.33 Å². The molecule has 0 aliphatic carbocycles. The van der Waals surface area contributed by atoms with Crippen LogP contribution in [0, 0.1) is 0 Å². The van der Waals surface area contributed by atoms with Crippen LogP contribution in [0.25, 0.3) is 0 Å². The SMILES string of the molecule is CCC(CC)OCC(CC(CCCC(C)c1cccc(CCOCS(=O)(=O)O)c1)c1cccc(OCCC[Si](C)(C)C)c1)c1cccc(OCCCSOOO)c1. The van der Waals surface area contributed by atoms with Crippen LogP contribution in [0.15, 0.2) is 72.8 Å². The highest BCUT2D eigenvalue weighted by molar-refractivity contribution is 7.94. The van der Waals surface area contributed by atoms with Crippen molar-refractivity contribution in [3.63, 3.8) is 0 Å². The minimum atomic E-state index is -4.15. The third kappa shape index (κ3) is 20.9.